The van der Waals surface area contributed by atoms with Gasteiger partial charge in [-0.3, -0.25) is 0 Å². The Morgan fingerprint density at radius 1 is 1.33 bits per heavy atom. The third-order valence-corrected chi connectivity index (χ3v) is 2.20. The van der Waals surface area contributed by atoms with Crippen molar-refractivity contribution in [2.75, 3.05) is 13.7 Å². The highest BCUT2D eigenvalue weighted by molar-refractivity contribution is 4.62. The van der Waals surface area contributed by atoms with Crippen LogP contribution in [0.25, 0.3) is 0 Å². The molecule has 0 amide bonds. The smallest absolute Gasteiger partial charge is 0.0623 e. The lowest BCUT2D eigenvalue weighted by Crippen LogP contribution is -2.31. The molecule has 2 atom stereocenters. The fraction of sp³-hybridized carbons (Fsp3) is 1.00. The molecular formula is C10H23NO. The minimum atomic E-state index is 0.401. The summed E-state index contributed by atoms with van der Waals surface area (Å²) in [6, 6.07) is 0.531. The predicted molar refractivity (Wildman–Crippen MR) is 53.5 cm³/mol. The van der Waals surface area contributed by atoms with Gasteiger partial charge < -0.3 is 10.1 Å². The van der Waals surface area contributed by atoms with Gasteiger partial charge in [0.1, 0.15) is 0 Å². The SMILES string of the molecule is CCCC(COC(C)CC)NC. The third-order valence-electron chi connectivity index (χ3n) is 2.20. The van der Waals surface area contributed by atoms with Gasteiger partial charge in [-0.1, -0.05) is 20.3 Å². The second kappa shape index (κ2) is 7.56. The van der Waals surface area contributed by atoms with Crippen LogP contribution in [0.2, 0.25) is 0 Å². The Hall–Kier alpha value is -0.0800. The molecule has 2 unspecified atom stereocenters. The topological polar surface area (TPSA) is 21.3 Å². The number of likely N-dealkylation sites (N-methyl/N-ethyl adjacent to an activating group) is 1. The first-order valence-corrected chi connectivity index (χ1v) is 5.03. The summed E-state index contributed by atoms with van der Waals surface area (Å²) in [6.45, 7) is 7.32. The number of hydrogen-bond acceptors (Lipinski definition) is 2. The summed E-state index contributed by atoms with van der Waals surface area (Å²) in [5.74, 6) is 0. The van der Waals surface area contributed by atoms with Crippen LogP contribution in [0.3, 0.4) is 0 Å². The van der Waals surface area contributed by atoms with Crippen molar-refractivity contribution in [2.45, 2.75) is 52.2 Å². The highest BCUT2D eigenvalue weighted by Gasteiger charge is 2.06. The average molecular weight is 173 g/mol. The summed E-state index contributed by atoms with van der Waals surface area (Å²) in [5, 5.41) is 3.26. The van der Waals surface area contributed by atoms with E-state index in [1.807, 2.05) is 7.05 Å². The monoisotopic (exact) mass is 173 g/mol. The van der Waals surface area contributed by atoms with Gasteiger partial charge in [-0.15, -0.1) is 0 Å². The Kier molecular flexibility index (Phi) is 7.51. The van der Waals surface area contributed by atoms with Crippen molar-refractivity contribution in [3.05, 3.63) is 0 Å². The maximum Gasteiger partial charge on any atom is 0.0623 e. The van der Waals surface area contributed by atoms with E-state index in [-0.39, 0.29) is 0 Å². The van der Waals surface area contributed by atoms with Gasteiger partial charge in [0.05, 0.1) is 12.7 Å². The largest absolute Gasteiger partial charge is 0.377 e. The van der Waals surface area contributed by atoms with E-state index in [1.165, 1.54) is 12.8 Å². The minimum absolute atomic E-state index is 0.401. The van der Waals surface area contributed by atoms with Gasteiger partial charge in [-0.05, 0) is 26.8 Å². The van der Waals surface area contributed by atoms with Gasteiger partial charge in [0.2, 0.25) is 0 Å². The van der Waals surface area contributed by atoms with Crippen LogP contribution in [0.15, 0.2) is 0 Å². The number of rotatable bonds is 7. The maximum absolute atomic E-state index is 5.63. The van der Waals surface area contributed by atoms with Gasteiger partial charge in [0, 0.05) is 6.04 Å². The molecule has 2 heteroatoms. The summed E-state index contributed by atoms with van der Waals surface area (Å²) in [7, 11) is 2.00. The van der Waals surface area contributed by atoms with Gasteiger partial charge in [-0.2, -0.15) is 0 Å². The zero-order chi connectivity index (χ0) is 9.40. The molecular weight excluding hydrogens is 150 g/mol. The molecule has 0 saturated heterocycles. The Morgan fingerprint density at radius 2 is 2.00 bits per heavy atom. The van der Waals surface area contributed by atoms with E-state index < -0.39 is 0 Å². The Balaban J connectivity index is 3.43. The molecule has 0 aromatic rings. The standard InChI is InChI=1S/C10H23NO/c1-5-7-10(11-4)8-12-9(3)6-2/h9-11H,5-8H2,1-4H3. The minimum Gasteiger partial charge on any atom is -0.377 e. The normalized spacial score (nSPS) is 16.0. The first-order valence-electron chi connectivity index (χ1n) is 5.03. The molecule has 0 aliphatic heterocycles. The molecule has 1 N–H and O–H groups in total. The van der Waals surface area contributed by atoms with Crippen LogP contribution in [-0.4, -0.2) is 25.8 Å². The van der Waals surface area contributed by atoms with Gasteiger partial charge in [0.15, 0.2) is 0 Å². The lowest BCUT2D eigenvalue weighted by Gasteiger charge is -2.18. The highest BCUT2D eigenvalue weighted by Crippen LogP contribution is 2.01. The van der Waals surface area contributed by atoms with Crippen LogP contribution >= 0.6 is 0 Å². The molecule has 0 fully saturated rings. The van der Waals surface area contributed by atoms with Crippen LogP contribution in [0.5, 0.6) is 0 Å². The predicted octanol–water partition coefficient (Wildman–Crippen LogP) is 2.19. The molecule has 74 valence electrons. The van der Waals surface area contributed by atoms with Crippen molar-refractivity contribution >= 4 is 0 Å². The Morgan fingerprint density at radius 3 is 2.42 bits per heavy atom. The van der Waals surface area contributed by atoms with Gasteiger partial charge in [-0.25, -0.2) is 0 Å². The van der Waals surface area contributed by atoms with E-state index in [2.05, 4.69) is 26.1 Å². The van der Waals surface area contributed by atoms with Crippen LogP contribution in [-0.2, 0) is 4.74 Å². The molecule has 0 saturated carbocycles. The molecule has 0 radical (unpaired) electrons. The number of hydrogen-bond donors (Lipinski definition) is 1. The summed E-state index contributed by atoms with van der Waals surface area (Å²) >= 11 is 0. The van der Waals surface area contributed by atoms with Crippen LogP contribution < -0.4 is 5.32 Å². The lowest BCUT2D eigenvalue weighted by atomic mass is 10.2. The van der Waals surface area contributed by atoms with Crippen LogP contribution in [0.1, 0.15) is 40.0 Å². The molecule has 0 aliphatic carbocycles. The second-order valence-corrected chi connectivity index (χ2v) is 3.33. The van der Waals surface area contributed by atoms with E-state index in [0.717, 1.165) is 13.0 Å². The number of ether oxygens (including phenoxy) is 1. The van der Waals surface area contributed by atoms with E-state index in [0.29, 0.717) is 12.1 Å². The molecule has 0 spiro atoms. The number of nitrogens with one attached hydrogen (secondary N) is 1. The third kappa shape index (κ3) is 5.56. The molecule has 12 heavy (non-hydrogen) atoms. The second-order valence-electron chi connectivity index (χ2n) is 3.33. The van der Waals surface area contributed by atoms with Crippen molar-refractivity contribution in [3.63, 3.8) is 0 Å². The van der Waals surface area contributed by atoms with Gasteiger partial charge >= 0.3 is 0 Å². The quantitative estimate of drug-likeness (QED) is 0.637. The van der Waals surface area contributed by atoms with Crippen LogP contribution in [0.4, 0.5) is 0 Å². The zero-order valence-corrected chi connectivity index (χ0v) is 8.89. The molecule has 2 nitrogen and oxygen atoms in total. The van der Waals surface area contributed by atoms with Crippen molar-refractivity contribution in [1.29, 1.82) is 0 Å². The Bertz CT molecular complexity index is 95.8. The summed E-state index contributed by atoms with van der Waals surface area (Å²) in [4.78, 5) is 0. The molecule has 0 aromatic heterocycles. The average Bonchev–Trinajstić information content (AvgIpc) is 2.11. The van der Waals surface area contributed by atoms with E-state index >= 15 is 0 Å². The van der Waals surface area contributed by atoms with E-state index in [9.17, 15) is 0 Å². The molecule has 0 bridgehead atoms. The fourth-order valence-electron chi connectivity index (χ4n) is 1.06. The Labute approximate surface area is 76.7 Å². The summed E-state index contributed by atoms with van der Waals surface area (Å²) in [6.07, 6.45) is 3.92. The first kappa shape index (κ1) is 11.9. The van der Waals surface area contributed by atoms with E-state index in [1.54, 1.807) is 0 Å². The zero-order valence-electron chi connectivity index (χ0n) is 8.89. The summed E-state index contributed by atoms with van der Waals surface area (Å²) < 4.78 is 5.63. The van der Waals surface area contributed by atoms with Crippen LogP contribution in [0, 0.1) is 0 Å². The van der Waals surface area contributed by atoms with Gasteiger partial charge in [0.25, 0.3) is 0 Å². The fourth-order valence-corrected chi connectivity index (χ4v) is 1.06. The summed E-state index contributed by atoms with van der Waals surface area (Å²) in [5.41, 5.74) is 0. The first-order chi connectivity index (χ1) is 5.74. The lowest BCUT2D eigenvalue weighted by molar-refractivity contribution is 0.0473. The van der Waals surface area contributed by atoms with Crippen molar-refractivity contribution < 1.29 is 4.74 Å². The molecule has 0 aromatic carbocycles. The van der Waals surface area contributed by atoms with E-state index in [4.69, 9.17) is 4.74 Å². The molecule has 0 aliphatic rings. The molecule has 0 rings (SSSR count). The maximum atomic E-state index is 5.63. The highest BCUT2D eigenvalue weighted by atomic mass is 16.5. The van der Waals surface area contributed by atoms with Crippen molar-refractivity contribution in [1.82, 2.24) is 5.32 Å². The molecule has 0 heterocycles. The van der Waals surface area contributed by atoms with Crippen molar-refractivity contribution in [2.24, 2.45) is 0 Å². The van der Waals surface area contributed by atoms with Crippen molar-refractivity contribution in [3.8, 4) is 0 Å².